The second-order valence-corrected chi connectivity index (χ2v) is 5.35. The molecule has 1 amide bonds. The van der Waals surface area contributed by atoms with Crippen molar-refractivity contribution in [1.82, 2.24) is 4.98 Å². The monoisotopic (exact) mass is 334 g/mol. The molecular weight excluding hydrogens is 316 g/mol. The Hall–Kier alpha value is -3.54. The molecule has 3 rings (SSSR count). The van der Waals surface area contributed by atoms with Crippen molar-refractivity contribution in [2.75, 3.05) is 23.5 Å². The SMILES string of the molecule is COc1cccc(Nc2cc(N)cc(C(=O)Nc3ccccc3)n2)c1. The van der Waals surface area contributed by atoms with E-state index in [0.717, 1.165) is 11.4 Å². The first-order valence-corrected chi connectivity index (χ1v) is 7.69. The molecule has 1 heterocycles. The number of aromatic nitrogens is 1. The van der Waals surface area contributed by atoms with Crippen molar-refractivity contribution in [1.29, 1.82) is 0 Å². The van der Waals surface area contributed by atoms with Gasteiger partial charge in [0.1, 0.15) is 17.3 Å². The molecule has 0 saturated heterocycles. The van der Waals surface area contributed by atoms with Crippen LogP contribution in [0.2, 0.25) is 0 Å². The van der Waals surface area contributed by atoms with E-state index in [-0.39, 0.29) is 11.6 Å². The summed E-state index contributed by atoms with van der Waals surface area (Å²) < 4.78 is 5.20. The molecule has 6 heteroatoms. The van der Waals surface area contributed by atoms with Gasteiger partial charge in [0.05, 0.1) is 7.11 Å². The van der Waals surface area contributed by atoms with Crippen molar-refractivity contribution in [3.8, 4) is 5.75 Å². The van der Waals surface area contributed by atoms with Gasteiger partial charge in [0.25, 0.3) is 5.91 Å². The molecule has 0 bridgehead atoms. The molecule has 0 fully saturated rings. The lowest BCUT2D eigenvalue weighted by atomic mass is 10.2. The fourth-order valence-corrected chi connectivity index (χ4v) is 2.30. The quantitative estimate of drug-likeness (QED) is 0.662. The van der Waals surface area contributed by atoms with Gasteiger partial charge >= 0.3 is 0 Å². The van der Waals surface area contributed by atoms with Crippen LogP contribution in [0.1, 0.15) is 10.5 Å². The van der Waals surface area contributed by atoms with E-state index in [4.69, 9.17) is 10.5 Å². The Bertz CT molecular complexity index is 882. The third kappa shape index (κ3) is 4.26. The van der Waals surface area contributed by atoms with Gasteiger partial charge in [0.15, 0.2) is 0 Å². The number of hydrogen-bond acceptors (Lipinski definition) is 5. The largest absolute Gasteiger partial charge is 0.497 e. The Morgan fingerprint density at radius 1 is 1.00 bits per heavy atom. The van der Waals surface area contributed by atoms with Crippen LogP contribution in [-0.4, -0.2) is 18.0 Å². The number of rotatable bonds is 5. The molecule has 0 atom stereocenters. The van der Waals surface area contributed by atoms with E-state index in [1.165, 1.54) is 6.07 Å². The minimum atomic E-state index is -0.327. The van der Waals surface area contributed by atoms with Crippen molar-refractivity contribution in [2.45, 2.75) is 0 Å². The maximum absolute atomic E-state index is 12.4. The number of amides is 1. The van der Waals surface area contributed by atoms with E-state index < -0.39 is 0 Å². The summed E-state index contributed by atoms with van der Waals surface area (Å²) in [4.78, 5) is 16.7. The van der Waals surface area contributed by atoms with Crippen LogP contribution in [0.5, 0.6) is 5.75 Å². The van der Waals surface area contributed by atoms with E-state index in [9.17, 15) is 4.79 Å². The fraction of sp³-hybridized carbons (Fsp3) is 0.0526. The number of ether oxygens (including phenoxy) is 1. The van der Waals surface area contributed by atoms with Crippen LogP contribution in [0.3, 0.4) is 0 Å². The molecule has 0 unspecified atom stereocenters. The van der Waals surface area contributed by atoms with Crippen LogP contribution in [-0.2, 0) is 0 Å². The van der Waals surface area contributed by atoms with E-state index in [1.807, 2.05) is 42.5 Å². The number of hydrogen-bond donors (Lipinski definition) is 3. The number of pyridine rings is 1. The summed E-state index contributed by atoms with van der Waals surface area (Å²) in [7, 11) is 1.60. The average molecular weight is 334 g/mol. The predicted octanol–water partition coefficient (Wildman–Crippen LogP) is 3.67. The zero-order chi connectivity index (χ0) is 17.6. The molecule has 1 aromatic heterocycles. The molecular formula is C19H18N4O2. The summed E-state index contributed by atoms with van der Waals surface area (Å²) in [5.74, 6) is 0.870. The van der Waals surface area contributed by atoms with Crippen LogP contribution >= 0.6 is 0 Å². The van der Waals surface area contributed by atoms with E-state index in [2.05, 4.69) is 15.6 Å². The fourth-order valence-electron chi connectivity index (χ4n) is 2.30. The number of nitrogens with one attached hydrogen (secondary N) is 2. The molecule has 3 aromatic rings. The van der Waals surface area contributed by atoms with Crippen LogP contribution < -0.4 is 21.1 Å². The first-order valence-electron chi connectivity index (χ1n) is 7.69. The number of carbonyl (C=O) groups excluding carboxylic acids is 1. The summed E-state index contributed by atoms with van der Waals surface area (Å²) in [5, 5.41) is 5.92. The van der Waals surface area contributed by atoms with Gasteiger partial charge < -0.3 is 21.1 Å². The molecule has 2 aromatic carbocycles. The zero-order valence-corrected chi connectivity index (χ0v) is 13.7. The highest BCUT2D eigenvalue weighted by Gasteiger charge is 2.10. The zero-order valence-electron chi connectivity index (χ0n) is 13.7. The molecule has 0 saturated carbocycles. The first kappa shape index (κ1) is 16.3. The standard InChI is InChI=1S/C19H18N4O2/c1-25-16-9-5-8-15(12-16)21-18-11-13(20)10-17(23-18)19(24)22-14-6-3-2-4-7-14/h2-12H,1H3,(H,22,24)(H3,20,21,23). The van der Waals surface area contributed by atoms with Gasteiger partial charge in [-0.25, -0.2) is 4.98 Å². The average Bonchev–Trinajstić information content (AvgIpc) is 2.62. The second kappa shape index (κ2) is 7.35. The molecule has 0 aliphatic carbocycles. The normalized spacial score (nSPS) is 10.1. The van der Waals surface area contributed by atoms with Gasteiger partial charge in [-0.15, -0.1) is 0 Å². The Labute approximate surface area is 145 Å². The number of methoxy groups -OCH3 is 1. The number of nitrogen functional groups attached to an aromatic ring is 1. The lowest BCUT2D eigenvalue weighted by molar-refractivity contribution is 0.102. The summed E-state index contributed by atoms with van der Waals surface area (Å²) >= 11 is 0. The lowest BCUT2D eigenvalue weighted by Gasteiger charge is -2.10. The van der Waals surface area contributed by atoms with Gasteiger partial charge in [0, 0.05) is 29.2 Å². The molecule has 0 radical (unpaired) electrons. The summed E-state index contributed by atoms with van der Waals surface area (Å²) in [6.45, 7) is 0. The molecule has 0 aliphatic heterocycles. The number of para-hydroxylation sites is 1. The van der Waals surface area contributed by atoms with Crippen molar-refractivity contribution in [3.63, 3.8) is 0 Å². The van der Waals surface area contributed by atoms with E-state index in [0.29, 0.717) is 17.2 Å². The number of carbonyl (C=O) groups is 1. The highest BCUT2D eigenvalue weighted by molar-refractivity contribution is 6.03. The maximum Gasteiger partial charge on any atom is 0.274 e. The molecule has 0 spiro atoms. The Morgan fingerprint density at radius 3 is 2.52 bits per heavy atom. The Balaban J connectivity index is 1.81. The van der Waals surface area contributed by atoms with Gasteiger partial charge in [-0.1, -0.05) is 24.3 Å². The minimum Gasteiger partial charge on any atom is -0.497 e. The van der Waals surface area contributed by atoms with Gasteiger partial charge in [-0.2, -0.15) is 0 Å². The van der Waals surface area contributed by atoms with Crippen molar-refractivity contribution in [2.24, 2.45) is 0 Å². The Kier molecular flexibility index (Phi) is 4.80. The first-order chi connectivity index (χ1) is 12.1. The van der Waals surface area contributed by atoms with Crippen molar-refractivity contribution in [3.05, 3.63) is 72.4 Å². The molecule has 25 heavy (non-hydrogen) atoms. The summed E-state index contributed by atoms with van der Waals surface area (Å²) in [6.07, 6.45) is 0. The summed E-state index contributed by atoms with van der Waals surface area (Å²) in [6, 6.07) is 19.8. The van der Waals surface area contributed by atoms with Crippen molar-refractivity contribution < 1.29 is 9.53 Å². The number of anilines is 4. The van der Waals surface area contributed by atoms with E-state index >= 15 is 0 Å². The summed E-state index contributed by atoms with van der Waals surface area (Å²) in [5.41, 5.74) is 8.07. The van der Waals surface area contributed by atoms with Crippen LogP contribution in [0, 0.1) is 0 Å². The van der Waals surface area contributed by atoms with Gasteiger partial charge in [-0.05, 0) is 30.3 Å². The predicted molar refractivity (Wildman–Crippen MR) is 99.3 cm³/mol. The molecule has 6 nitrogen and oxygen atoms in total. The van der Waals surface area contributed by atoms with Crippen LogP contribution in [0.25, 0.3) is 0 Å². The Morgan fingerprint density at radius 2 is 1.76 bits per heavy atom. The third-order valence-corrected chi connectivity index (χ3v) is 3.45. The van der Waals surface area contributed by atoms with Crippen LogP contribution in [0.4, 0.5) is 22.9 Å². The highest BCUT2D eigenvalue weighted by atomic mass is 16.5. The smallest absolute Gasteiger partial charge is 0.274 e. The minimum absolute atomic E-state index is 0.231. The number of nitrogens with zero attached hydrogens (tertiary/aromatic N) is 1. The van der Waals surface area contributed by atoms with E-state index in [1.54, 1.807) is 25.3 Å². The second-order valence-electron chi connectivity index (χ2n) is 5.35. The van der Waals surface area contributed by atoms with Gasteiger partial charge in [-0.3, -0.25) is 4.79 Å². The highest BCUT2D eigenvalue weighted by Crippen LogP contribution is 2.22. The molecule has 126 valence electrons. The lowest BCUT2D eigenvalue weighted by Crippen LogP contribution is -2.14. The van der Waals surface area contributed by atoms with Crippen LogP contribution in [0.15, 0.2) is 66.7 Å². The number of nitrogens with two attached hydrogens (primary N) is 1. The molecule has 0 aliphatic rings. The van der Waals surface area contributed by atoms with Gasteiger partial charge in [0.2, 0.25) is 0 Å². The third-order valence-electron chi connectivity index (χ3n) is 3.45. The van der Waals surface area contributed by atoms with Crippen molar-refractivity contribution >= 4 is 28.8 Å². The topological polar surface area (TPSA) is 89.3 Å². The molecule has 4 N–H and O–H groups in total. The number of benzene rings is 2. The maximum atomic E-state index is 12.4.